The van der Waals surface area contributed by atoms with Crippen molar-refractivity contribution in [2.75, 3.05) is 45.3 Å². The minimum absolute atomic E-state index is 0.0617. The first-order valence-electron chi connectivity index (χ1n) is 12.6. The summed E-state index contributed by atoms with van der Waals surface area (Å²) < 4.78 is 10.9. The van der Waals surface area contributed by atoms with Crippen molar-refractivity contribution in [2.24, 2.45) is 0 Å². The van der Waals surface area contributed by atoms with Crippen molar-refractivity contribution in [3.63, 3.8) is 0 Å². The summed E-state index contributed by atoms with van der Waals surface area (Å²) in [6, 6.07) is 18.0. The third-order valence-electron chi connectivity index (χ3n) is 7.03. The lowest BCUT2D eigenvalue weighted by Gasteiger charge is -2.36. The Morgan fingerprint density at radius 2 is 1.64 bits per heavy atom. The summed E-state index contributed by atoms with van der Waals surface area (Å²) in [7, 11) is 3.07. The molecule has 0 unspecified atom stereocenters. The number of nitrogens with zero attached hydrogens (tertiary/aromatic N) is 3. The lowest BCUT2D eigenvalue weighted by Crippen LogP contribution is -2.48. The largest absolute Gasteiger partial charge is 0.493 e. The maximum Gasteiger partial charge on any atom is 0.263 e. The Morgan fingerprint density at radius 3 is 2.36 bits per heavy atom. The van der Waals surface area contributed by atoms with Crippen LogP contribution in [0.5, 0.6) is 11.5 Å². The first-order valence-corrected chi connectivity index (χ1v) is 13.0. The lowest BCUT2D eigenvalue weighted by atomic mass is 10.1. The fourth-order valence-corrected chi connectivity index (χ4v) is 5.21. The maximum absolute atomic E-state index is 13.6. The van der Waals surface area contributed by atoms with Crippen molar-refractivity contribution in [3.05, 3.63) is 94.0 Å². The van der Waals surface area contributed by atoms with Gasteiger partial charge in [0.05, 0.1) is 37.6 Å². The molecule has 0 N–H and O–H groups in total. The molecule has 200 valence electrons. The van der Waals surface area contributed by atoms with Gasteiger partial charge in [-0.1, -0.05) is 48.0 Å². The summed E-state index contributed by atoms with van der Waals surface area (Å²) in [5.41, 5.74) is 2.92. The summed E-state index contributed by atoms with van der Waals surface area (Å²) in [5, 5.41) is 0.586. The summed E-state index contributed by atoms with van der Waals surface area (Å²) in [6.07, 6.45) is 3.25. The summed E-state index contributed by atoms with van der Waals surface area (Å²) in [4.78, 5) is 44.7. The number of benzene rings is 3. The molecule has 0 aromatic heterocycles. The van der Waals surface area contributed by atoms with E-state index in [9.17, 15) is 14.4 Å². The normalized spacial score (nSPS) is 15.2. The van der Waals surface area contributed by atoms with Crippen molar-refractivity contribution in [3.8, 4) is 11.5 Å². The molecular formula is C30H28ClN3O5. The molecule has 8 nitrogen and oxygen atoms in total. The van der Waals surface area contributed by atoms with Crippen LogP contribution in [0, 0.1) is 0 Å². The van der Waals surface area contributed by atoms with Gasteiger partial charge >= 0.3 is 0 Å². The first-order chi connectivity index (χ1) is 18.9. The zero-order valence-corrected chi connectivity index (χ0v) is 22.5. The number of halogens is 1. The van der Waals surface area contributed by atoms with E-state index in [2.05, 4.69) is 4.90 Å². The van der Waals surface area contributed by atoms with E-state index in [1.807, 2.05) is 30.3 Å². The van der Waals surface area contributed by atoms with Crippen molar-refractivity contribution in [1.82, 2.24) is 9.80 Å². The predicted octanol–water partition coefficient (Wildman–Crippen LogP) is 4.52. The van der Waals surface area contributed by atoms with Gasteiger partial charge < -0.3 is 19.3 Å². The Balaban J connectivity index is 1.30. The molecule has 0 saturated carbocycles. The number of hydrogen-bond donors (Lipinski definition) is 0. The molecule has 2 aliphatic rings. The Morgan fingerprint density at radius 1 is 0.897 bits per heavy atom. The number of imide groups is 1. The molecule has 5 rings (SSSR count). The van der Waals surface area contributed by atoms with Gasteiger partial charge in [-0.3, -0.25) is 19.3 Å². The van der Waals surface area contributed by atoms with Gasteiger partial charge in [-0.05, 0) is 35.9 Å². The standard InChI is InChI=1S/C30H28ClN3O5/c1-38-25-12-5-8-21(28(25)39-2)19-34-29(36)22-9-6-11-24(27(22)30(34)37)32-15-17-33(18-16-32)26(35)14-13-20-7-3-4-10-23(20)31/h3-14H,15-19H2,1-2H3. The van der Waals surface area contributed by atoms with Crippen LogP contribution in [0.3, 0.4) is 0 Å². The molecule has 3 amide bonds. The fraction of sp³-hybridized carbons (Fsp3) is 0.233. The van der Waals surface area contributed by atoms with E-state index in [0.29, 0.717) is 65.1 Å². The minimum Gasteiger partial charge on any atom is -0.493 e. The number of ether oxygens (including phenoxy) is 2. The molecule has 3 aromatic carbocycles. The monoisotopic (exact) mass is 545 g/mol. The SMILES string of the molecule is COc1cccc(CN2C(=O)c3cccc(N4CCN(C(=O)C=Cc5ccccc5Cl)CC4)c3C2=O)c1OC. The number of piperazine rings is 1. The van der Waals surface area contributed by atoms with Crippen LogP contribution in [0.4, 0.5) is 5.69 Å². The molecule has 3 aromatic rings. The molecule has 2 aliphatic heterocycles. The Kier molecular flexibility index (Phi) is 7.56. The second-order valence-electron chi connectivity index (χ2n) is 9.22. The zero-order chi connectivity index (χ0) is 27.5. The van der Waals surface area contributed by atoms with Crippen LogP contribution in [0.2, 0.25) is 5.02 Å². The number of para-hydroxylation sites is 1. The van der Waals surface area contributed by atoms with Crippen LogP contribution in [0.25, 0.3) is 6.08 Å². The molecule has 2 heterocycles. The van der Waals surface area contributed by atoms with Crippen molar-refractivity contribution >= 4 is 41.1 Å². The summed E-state index contributed by atoms with van der Waals surface area (Å²) in [5.74, 6) is 0.219. The quantitative estimate of drug-likeness (QED) is 0.321. The second-order valence-corrected chi connectivity index (χ2v) is 9.62. The van der Waals surface area contributed by atoms with Gasteiger partial charge in [0.25, 0.3) is 11.8 Å². The van der Waals surface area contributed by atoms with Gasteiger partial charge in [0, 0.05) is 42.8 Å². The minimum atomic E-state index is -0.350. The first kappa shape index (κ1) is 26.3. The smallest absolute Gasteiger partial charge is 0.263 e. The number of hydrogen-bond acceptors (Lipinski definition) is 6. The molecular weight excluding hydrogens is 518 g/mol. The molecule has 1 saturated heterocycles. The predicted molar refractivity (Wildman–Crippen MR) is 149 cm³/mol. The number of anilines is 1. The molecule has 0 bridgehead atoms. The second kappa shape index (κ2) is 11.2. The number of carbonyl (C=O) groups excluding carboxylic acids is 3. The highest BCUT2D eigenvalue weighted by molar-refractivity contribution is 6.32. The summed E-state index contributed by atoms with van der Waals surface area (Å²) in [6.45, 7) is 2.11. The third kappa shape index (κ3) is 5.07. The Labute approximate surface area is 232 Å². The lowest BCUT2D eigenvalue weighted by molar-refractivity contribution is -0.126. The molecule has 0 radical (unpaired) electrons. The number of amides is 3. The van der Waals surface area contributed by atoms with Crippen molar-refractivity contribution < 1.29 is 23.9 Å². The fourth-order valence-electron chi connectivity index (χ4n) is 5.02. The van der Waals surface area contributed by atoms with Crippen LogP contribution in [-0.2, 0) is 11.3 Å². The molecule has 39 heavy (non-hydrogen) atoms. The highest BCUT2D eigenvalue weighted by atomic mass is 35.5. The highest BCUT2D eigenvalue weighted by Gasteiger charge is 2.39. The van der Waals surface area contributed by atoms with Gasteiger partial charge in [0.15, 0.2) is 11.5 Å². The van der Waals surface area contributed by atoms with E-state index in [4.69, 9.17) is 21.1 Å². The van der Waals surface area contributed by atoms with Crippen LogP contribution in [0.1, 0.15) is 31.8 Å². The van der Waals surface area contributed by atoms with Crippen molar-refractivity contribution in [2.45, 2.75) is 6.54 Å². The molecule has 1 fully saturated rings. The van der Waals surface area contributed by atoms with Gasteiger partial charge in [-0.2, -0.15) is 0 Å². The average molecular weight is 546 g/mol. The van der Waals surface area contributed by atoms with E-state index >= 15 is 0 Å². The van der Waals surface area contributed by atoms with E-state index in [-0.39, 0.29) is 24.3 Å². The number of fused-ring (bicyclic) bond motifs is 1. The molecule has 9 heteroatoms. The Hall–Kier alpha value is -4.30. The van der Waals surface area contributed by atoms with Crippen LogP contribution < -0.4 is 14.4 Å². The third-order valence-corrected chi connectivity index (χ3v) is 7.38. The summed E-state index contributed by atoms with van der Waals surface area (Å²) >= 11 is 6.18. The maximum atomic E-state index is 13.6. The van der Waals surface area contributed by atoms with E-state index in [0.717, 1.165) is 5.56 Å². The van der Waals surface area contributed by atoms with E-state index in [1.165, 1.54) is 18.1 Å². The molecule has 0 spiro atoms. The number of rotatable bonds is 7. The van der Waals surface area contributed by atoms with E-state index < -0.39 is 0 Å². The zero-order valence-electron chi connectivity index (χ0n) is 21.7. The van der Waals surface area contributed by atoms with Crippen LogP contribution in [0.15, 0.2) is 66.7 Å². The van der Waals surface area contributed by atoms with Gasteiger partial charge in [0.1, 0.15) is 0 Å². The Bertz CT molecular complexity index is 1460. The van der Waals surface area contributed by atoms with Gasteiger partial charge in [-0.15, -0.1) is 0 Å². The average Bonchev–Trinajstić information content (AvgIpc) is 3.21. The highest BCUT2D eigenvalue weighted by Crippen LogP contribution is 2.36. The van der Waals surface area contributed by atoms with Crippen molar-refractivity contribution in [1.29, 1.82) is 0 Å². The van der Waals surface area contributed by atoms with Gasteiger partial charge in [0.2, 0.25) is 5.91 Å². The number of carbonyl (C=O) groups is 3. The molecule has 0 aliphatic carbocycles. The van der Waals surface area contributed by atoms with Gasteiger partial charge in [-0.25, -0.2) is 0 Å². The topological polar surface area (TPSA) is 79.4 Å². The van der Waals surface area contributed by atoms with Crippen LogP contribution in [-0.4, -0.2) is 67.9 Å². The van der Waals surface area contributed by atoms with E-state index in [1.54, 1.807) is 48.4 Å². The van der Waals surface area contributed by atoms with Crippen LogP contribution >= 0.6 is 11.6 Å². The molecule has 0 atom stereocenters. The number of methoxy groups -OCH3 is 2.